The summed E-state index contributed by atoms with van der Waals surface area (Å²) in [4.78, 5) is 25.6. The lowest BCUT2D eigenvalue weighted by Crippen LogP contribution is -2.16. The summed E-state index contributed by atoms with van der Waals surface area (Å²) in [6.07, 6.45) is 6.57. The molecule has 0 saturated carbocycles. The van der Waals surface area contributed by atoms with E-state index in [9.17, 15) is 9.59 Å². The lowest BCUT2D eigenvalue weighted by Gasteiger charge is -2.04. The molecule has 0 amide bonds. The van der Waals surface area contributed by atoms with Crippen molar-refractivity contribution in [3.8, 4) is 0 Å². The van der Waals surface area contributed by atoms with Gasteiger partial charge in [0.15, 0.2) is 0 Å². The fourth-order valence-corrected chi connectivity index (χ4v) is 2.88. The molecule has 0 bridgehead atoms. The summed E-state index contributed by atoms with van der Waals surface area (Å²) in [5.41, 5.74) is 1.38. The molecular weight excluding hydrogens is 288 g/mol. The van der Waals surface area contributed by atoms with Crippen molar-refractivity contribution in [3.63, 3.8) is 0 Å². The maximum absolute atomic E-state index is 11.9. The third-order valence-electron chi connectivity index (χ3n) is 3.50. The molecule has 1 heterocycles. The Hall–Kier alpha value is -1.69. The highest BCUT2D eigenvalue weighted by Crippen LogP contribution is 2.14. The first-order valence-corrected chi connectivity index (χ1v) is 8.47. The molecule has 114 valence electrons. The Morgan fingerprint density at radius 2 is 2.05 bits per heavy atom. The van der Waals surface area contributed by atoms with Gasteiger partial charge in [-0.05, 0) is 43.0 Å². The molecule has 6 heteroatoms. The van der Waals surface area contributed by atoms with E-state index in [-0.39, 0.29) is 11.3 Å². The Balaban J connectivity index is 2.04. The van der Waals surface area contributed by atoms with Gasteiger partial charge in [0.05, 0.1) is 16.6 Å². The Morgan fingerprint density at radius 1 is 1.29 bits per heavy atom. The van der Waals surface area contributed by atoms with Crippen LogP contribution in [0.25, 0.3) is 11.0 Å². The number of carboxylic acids is 1. The summed E-state index contributed by atoms with van der Waals surface area (Å²) < 4.78 is 1.69. The number of carbonyl (C=O) groups is 1. The number of benzene rings is 1. The van der Waals surface area contributed by atoms with Gasteiger partial charge in [-0.3, -0.25) is 4.57 Å². The fraction of sp³-hybridized carbons (Fsp3) is 0.467. The van der Waals surface area contributed by atoms with Crippen molar-refractivity contribution in [2.75, 3.05) is 12.0 Å². The lowest BCUT2D eigenvalue weighted by atomic mass is 10.2. The first kappa shape index (κ1) is 15.7. The number of nitrogens with zero attached hydrogens (tertiary/aromatic N) is 1. The number of nitrogens with one attached hydrogen (secondary N) is 1. The predicted molar refractivity (Wildman–Crippen MR) is 86.4 cm³/mol. The van der Waals surface area contributed by atoms with Crippen molar-refractivity contribution < 1.29 is 9.90 Å². The molecule has 2 aromatic rings. The molecule has 0 aliphatic carbocycles. The van der Waals surface area contributed by atoms with Crippen molar-refractivity contribution in [2.24, 2.45) is 0 Å². The minimum atomic E-state index is -0.987. The zero-order chi connectivity index (χ0) is 15.2. The number of unbranched alkanes of at least 4 members (excludes halogenated alkanes) is 3. The van der Waals surface area contributed by atoms with Crippen LogP contribution in [0.2, 0.25) is 0 Å². The van der Waals surface area contributed by atoms with Gasteiger partial charge in [-0.1, -0.05) is 12.8 Å². The van der Waals surface area contributed by atoms with Crippen molar-refractivity contribution in [3.05, 3.63) is 34.2 Å². The van der Waals surface area contributed by atoms with E-state index in [1.165, 1.54) is 30.7 Å². The molecule has 0 atom stereocenters. The lowest BCUT2D eigenvalue weighted by molar-refractivity contribution is 0.0697. The first-order valence-electron chi connectivity index (χ1n) is 7.08. The SMILES string of the molecule is CSCCCCCCn1c(=O)[nH]c2cc(C(=O)O)ccc21. The summed E-state index contributed by atoms with van der Waals surface area (Å²) in [5, 5.41) is 8.96. The number of hydrogen-bond acceptors (Lipinski definition) is 3. The molecule has 1 aromatic carbocycles. The van der Waals surface area contributed by atoms with E-state index >= 15 is 0 Å². The molecule has 5 nitrogen and oxygen atoms in total. The molecule has 2 rings (SSSR count). The second-order valence-corrected chi connectivity index (χ2v) is 6.01. The molecule has 0 fully saturated rings. The number of H-pyrrole nitrogens is 1. The van der Waals surface area contributed by atoms with E-state index in [0.29, 0.717) is 12.1 Å². The number of aryl methyl sites for hydroxylation is 1. The highest BCUT2D eigenvalue weighted by molar-refractivity contribution is 7.98. The van der Waals surface area contributed by atoms with Gasteiger partial charge < -0.3 is 10.1 Å². The van der Waals surface area contributed by atoms with Gasteiger partial charge in [0.1, 0.15) is 0 Å². The monoisotopic (exact) mass is 308 g/mol. The van der Waals surface area contributed by atoms with E-state index in [1.54, 1.807) is 10.6 Å². The predicted octanol–water partition coefficient (Wildman–Crippen LogP) is 2.95. The highest BCUT2D eigenvalue weighted by Gasteiger charge is 2.09. The van der Waals surface area contributed by atoms with E-state index in [0.717, 1.165) is 18.4 Å². The van der Waals surface area contributed by atoms with Crippen LogP contribution in [-0.2, 0) is 6.54 Å². The van der Waals surface area contributed by atoms with Crippen molar-refractivity contribution in [2.45, 2.75) is 32.2 Å². The van der Waals surface area contributed by atoms with Crippen LogP contribution in [0.15, 0.2) is 23.0 Å². The molecule has 0 saturated heterocycles. The summed E-state index contributed by atoms with van der Waals surface area (Å²) in [7, 11) is 0. The number of aromatic carboxylic acids is 1. The van der Waals surface area contributed by atoms with Gasteiger partial charge in [-0.25, -0.2) is 9.59 Å². The quantitative estimate of drug-likeness (QED) is 0.735. The molecule has 0 unspecified atom stereocenters. The Kier molecular flexibility index (Phi) is 5.50. The van der Waals surface area contributed by atoms with Crippen LogP contribution in [0.3, 0.4) is 0 Å². The Labute approximate surface area is 127 Å². The number of thioether (sulfide) groups is 1. The van der Waals surface area contributed by atoms with Crippen LogP contribution >= 0.6 is 11.8 Å². The molecule has 21 heavy (non-hydrogen) atoms. The third kappa shape index (κ3) is 3.91. The minimum Gasteiger partial charge on any atom is -0.478 e. The van der Waals surface area contributed by atoms with Crippen molar-refractivity contribution >= 4 is 28.8 Å². The van der Waals surface area contributed by atoms with E-state index < -0.39 is 5.97 Å². The van der Waals surface area contributed by atoms with E-state index in [4.69, 9.17) is 5.11 Å². The van der Waals surface area contributed by atoms with Crippen LogP contribution in [0.5, 0.6) is 0 Å². The standard InChI is InChI=1S/C15H20N2O3S/c1-21-9-5-3-2-4-8-17-13-7-6-11(14(18)19)10-12(13)16-15(17)20/h6-7,10H,2-5,8-9H2,1H3,(H,16,20)(H,18,19). The third-order valence-corrected chi connectivity index (χ3v) is 4.20. The largest absolute Gasteiger partial charge is 0.478 e. The Bertz CT molecular complexity index is 675. The molecular formula is C15H20N2O3S. The molecule has 0 aliphatic rings. The number of hydrogen-bond donors (Lipinski definition) is 2. The number of imidazole rings is 1. The zero-order valence-corrected chi connectivity index (χ0v) is 12.9. The van der Waals surface area contributed by atoms with Crippen LogP contribution in [0.4, 0.5) is 0 Å². The molecule has 0 aliphatic heterocycles. The number of carboxylic acid groups (broad SMARTS) is 1. The topological polar surface area (TPSA) is 75.1 Å². The zero-order valence-electron chi connectivity index (χ0n) is 12.1. The Morgan fingerprint density at radius 3 is 2.76 bits per heavy atom. The molecule has 0 spiro atoms. The van der Waals surface area contributed by atoms with E-state index in [1.807, 2.05) is 11.8 Å². The van der Waals surface area contributed by atoms with Gasteiger partial charge in [0, 0.05) is 6.54 Å². The molecule has 0 radical (unpaired) electrons. The van der Waals surface area contributed by atoms with Crippen molar-refractivity contribution in [1.29, 1.82) is 0 Å². The van der Waals surface area contributed by atoms with Crippen molar-refractivity contribution in [1.82, 2.24) is 9.55 Å². The molecule has 2 N–H and O–H groups in total. The second-order valence-electron chi connectivity index (χ2n) is 5.03. The summed E-state index contributed by atoms with van der Waals surface area (Å²) in [6.45, 7) is 0.671. The average Bonchev–Trinajstić information content (AvgIpc) is 2.77. The van der Waals surface area contributed by atoms with Gasteiger partial charge in [0.25, 0.3) is 0 Å². The van der Waals surface area contributed by atoms with Gasteiger partial charge in [-0.15, -0.1) is 0 Å². The number of aromatic nitrogens is 2. The normalized spacial score (nSPS) is 11.1. The number of rotatable bonds is 8. The summed E-state index contributed by atoms with van der Waals surface area (Å²) >= 11 is 1.86. The smallest absolute Gasteiger partial charge is 0.335 e. The van der Waals surface area contributed by atoms with Crippen LogP contribution in [0, 0.1) is 0 Å². The summed E-state index contributed by atoms with van der Waals surface area (Å²) in [5.74, 6) is 0.199. The summed E-state index contributed by atoms with van der Waals surface area (Å²) in [6, 6.07) is 4.74. The van der Waals surface area contributed by atoms with Crippen LogP contribution < -0.4 is 5.69 Å². The minimum absolute atomic E-state index is 0.170. The second kappa shape index (κ2) is 7.36. The van der Waals surface area contributed by atoms with Crippen LogP contribution in [-0.4, -0.2) is 32.6 Å². The highest BCUT2D eigenvalue weighted by atomic mass is 32.2. The maximum atomic E-state index is 11.9. The van der Waals surface area contributed by atoms with Gasteiger partial charge in [0.2, 0.25) is 0 Å². The number of aromatic amines is 1. The first-order chi connectivity index (χ1) is 10.1. The molecule has 1 aromatic heterocycles. The maximum Gasteiger partial charge on any atom is 0.335 e. The fourth-order valence-electron chi connectivity index (χ4n) is 2.39. The average molecular weight is 308 g/mol. The van der Waals surface area contributed by atoms with Gasteiger partial charge >= 0.3 is 11.7 Å². The number of fused-ring (bicyclic) bond motifs is 1. The van der Waals surface area contributed by atoms with Gasteiger partial charge in [-0.2, -0.15) is 11.8 Å². The van der Waals surface area contributed by atoms with E-state index in [2.05, 4.69) is 11.2 Å². The van der Waals surface area contributed by atoms with Crippen LogP contribution in [0.1, 0.15) is 36.0 Å².